The van der Waals surface area contributed by atoms with Gasteiger partial charge in [0.05, 0.1) is 10.6 Å². The maximum absolute atomic E-state index is 14.1. The predicted octanol–water partition coefficient (Wildman–Crippen LogP) is 6.02. The summed E-state index contributed by atoms with van der Waals surface area (Å²) in [7, 11) is -4.14. The largest absolute Gasteiger partial charge is 0.352 e. The average molecular weight is 596 g/mol. The van der Waals surface area contributed by atoms with Gasteiger partial charge in [-0.3, -0.25) is 13.9 Å². The Kier molecular flexibility index (Phi) is 10.1. The quantitative estimate of drug-likeness (QED) is 0.311. The van der Waals surface area contributed by atoms with Crippen LogP contribution < -0.4 is 9.62 Å². The van der Waals surface area contributed by atoms with Gasteiger partial charge in [0.2, 0.25) is 11.8 Å². The monoisotopic (exact) mass is 595 g/mol. The minimum atomic E-state index is -4.14. The first-order chi connectivity index (χ1) is 19.6. The van der Waals surface area contributed by atoms with Crippen molar-refractivity contribution in [2.75, 3.05) is 10.8 Å². The van der Waals surface area contributed by atoms with Crippen LogP contribution >= 0.6 is 11.6 Å². The molecule has 9 heteroatoms. The van der Waals surface area contributed by atoms with Crippen LogP contribution in [0.3, 0.4) is 0 Å². The van der Waals surface area contributed by atoms with Crippen LogP contribution in [0.4, 0.5) is 5.69 Å². The number of halogens is 1. The number of carbonyl (C=O) groups is 2. The molecule has 0 radical (unpaired) electrons. The molecular weight excluding hydrogens is 558 g/mol. The second-order valence-corrected chi connectivity index (χ2v) is 13.1. The maximum atomic E-state index is 14.1. The van der Waals surface area contributed by atoms with Gasteiger partial charge >= 0.3 is 0 Å². The Bertz CT molecular complexity index is 1470. The summed E-state index contributed by atoms with van der Waals surface area (Å²) >= 11 is 6.24. The van der Waals surface area contributed by atoms with E-state index < -0.39 is 28.5 Å². The van der Waals surface area contributed by atoms with Gasteiger partial charge in [-0.1, -0.05) is 78.9 Å². The standard InChI is InChI=1S/C32H38ClN3O4S/c1-23-16-18-30(19-17-23)41(39,40)36(29-15-9-12-27(33)20-29)22-31(37)35(21-26-11-8-7-10-24(26)2)25(3)32(38)34-28-13-5-4-6-14-28/h7-12,15-20,25,28H,4-6,13-14,21-22H2,1-3H3,(H,34,38). The Morgan fingerprint density at radius 1 is 0.951 bits per heavy atom. The predicted molar refractivity (Wildman–Crippen MR) is 163 cm³/mol. The van der Waals surface area contributed by atoms with E-state index in [4.69, 9.17) is 11.6 Å². The van der Waals surface area contributed by atoms with Crippen LogP contribution in [0.1, 0.15) is 55.7 Å². The van der Waals surface area contributed by atoms with Crippen molar-refractivity contribution in [2.45, 2.75) is 76.4 Å². The van der Waals surface area contributed by atoms with Crippen LogP contribution in [0.25, 0.3) is 0 Å². The molecule has 1 N–H and O–H groups in total. The topological polar surface area (TPSA) is 86.8 Å². The highest BCUT2D eigenvalue weighted by Gasteiger charge is 2.33. The van der Waals surface area contributed by atoms with Gasteiger partial charge in [0.1, 0.15) is 12.6 Å². The van der Waals surface area contributed by atoms with E-state index in [-0.39, 0.29) is 29.1 Å². The molecule has 2 amide bonds. The number of anilines is 1. The van der Waals surface area contributed by atoms with E-state index >= 15 is 0 Å². The van der Waals surface area contributed by atoms with Gasteiger partial charge in [-0.25, -0.2) is 8.42 Å². The summed E-state index contributed by atoms with van der Waals surface area (Å²) in [4.78, 5) is 29.1. The molecule has 3 aromatic rings. The molecule has 218 valence electrons. The number of carbonyl (C=O) groups excluding carboxylic acids is 2. The highest BCUT2D eigenvalue weighted by atomic mass is 35.5. The molecule has 4 rings (SSSR count). The second-order valence-electron chi connectivity index (χ2n) is 10.8. The van der Waals surface area contributed by atoms with Gasteiger partial charge in [0.25, 0.3) is 10.0 Å². The first-order valence-electron chi connectivity index (χ1n) is 14.1. The summed E-state index contributed by atoms with van der Waals surface area (Å²) < 4.78 is 28.9. The first-order valence-corrected chi connectivity index (χ1v) is 15.9. The molecule has 0 aromatic heterocycles. The van der Waals surface area contributed by atoms with Crippen molar-refractivity contribution in [1.29, 1.82) is 0 Å². The minimum absolute atomic E-state index is 0.0596. The van der Waals surface area contributed by atoms with Gasteiger partial charge < -0.3 is 10.2 Å². The number of nitrogens with one attached hydrogen (secondary N) is 1. The fourth-order valence-corrected chi connectivity index (χ4v) is 6.71. The van der Waals surface area contributed by atoms with E-state index in [1.54, 1.807) is 37.3 Å². The minimum Gasteiger partial charge on any atom is -0.352 e. The molecule has 0 spiro atoms. The lowest BCUT2D eigenvalue weighted by molar-refractivity contribution is -0.139. The molecule has 7 nitrogen and oxygen atoms in total. The van der Waals surface area contributed by atoms with E-state index in [1.807, 2.05) is 38.1 Å². The fraction of sp³-hybridized carbons (Fsp3) is 0.375. The third kappa shape index (κ3) is 7.68. The normalized spacial score (nSPS) is 14.7. The number of amides is 2. The summed E-state index contributed by atoms with van der Waals surface area (Å²) in [6.45, 7) is 5.19. The van der Waals surface area contributed by atoms with Crippen molar-refractivity contribution < 1.29 is 18.0 Å². The zero-order chi connectivity index (χ0) is 29.6. The second kappa shape index (κ2) is 13.5. The Morgan fingerprint density at radius 3 is 2.29 bits per heavy atom. The SMILES string of the molecule is Cc1ccc(S(=O)(=O)N(CC(=O)N(Cc2ccccc2C)C(C)C(=O)NC2CCCCC2)c2cccc(Cl)c2)cc1. The zero-order valence-corrected chi connectivity index (χ0v) is 25.4. The third-order valence-corrected chi connectivity index (χ3v) is 9.73. The van der Waals surface area contributed by atoms with Crippen molar-refractivity contribution in [3.05, 3.63) is 94.5 Å². The first kappa shape index (κ1) is 30.6. The number of benzene rings is 3. The third-order valence-electron chi connectivity index (χ3n) is 7.70. The average Bonchev–Trinajstić information content (AvgIpc) is 2.95. The molecule has 3 aromatic carbocycles. The summed E-state index contributed by atoms with van der Waals surface area (Å²) in [5.41, 5.74) is 3.04. The Balaban J connectivity index is 1.68. The highest BCUT2D eigenvalue weighted by Crippen LogP contribution is 2.27. The molecule has 1 fully saturated rings. The van der Waals surface area contributed by atoms with Gasteiger partial charge in [-0.2, -0.15) is 0 Å². The molecule has 0 saturated heterocycles. The van der Waals surface area contributed by atoms with Crippen LogP contribution in [-0.4, -0.2) is 43.8 Å². The lowest BCUT2D eigenvalue weighted by Crippen LogP contribution is -2.53. The lowest BCUT2D eigenvalue weighted by atomic mass is 9.95. The maximum Gasteiger partial charge on any atom is 0.264 e. The summed E-state index contributed by atoms with van der Waals surface area (Å²) in [5.74, 6) is -0.732. The van der Waals surface area contributed by atoms with Crippen LogP contribution in [0, 0.1) is 13.8 Å². The van der Waals surface area contributed by atoms with Gasteiger partial charge in [-0.15, -0.1) is 0 Å². The number of aryl methyl sites for hydroxylation is 2. The smallest absolute Gasteiger partial charge is 0.264 e. The van der Waals surface area contributed by atoms with Gasteiger partial charge in [0, 0.05) is 17.6 Å². The number of hydrogen-bond donors (Lipinski definition) is 1. The van der Waals surface area contributed by atoms with Crippen molar-refractivity contribution in [3.63, 3.8) is 0 Å². The summed E-state index contributed by atoms with van der Waals surface area (Å²) in [6.07, 6.45) is 5.13. The highest BCUT2D eigenvalue weighted by molar-refractivity contribution is 7.92. The van der Waals surface area contributed by atoms with Crippen LogP contribution in [0.2, 0.25) is 5.02 Å². The van der Waals surface area contributed by atoms with Gasteiger partial charge in [-0.05, 0) is 75.1 Å². The van der Waals surface area contributed by atoms with Crippen molar-refractivity contribution in [3.8, 4) is 0 Å². The summed E-state index contributed by atoms with van der Waals surface area (Å²) in [5, 5.41) is 3.47. The number of rotatable bonds is 10. The molecule has 1 aliphatic rings. The number of sulfonamides is 1. The van der Waals surface area contributed by atoms with Crippen LogP contribution in [0.15, 0.2) is 77.7 Å². The molecular formula is C32H38ClN3O4S. The summed E-state index contributed by atoms with van der Waals surface area (Å²) in [6, 6.07) is 19.8. The van der Waals surface area contributed by atoms with E-state index in [0.29, 0.717) is 5.02 Å². The van der Waals surface area contributed by atoms with E-state index in [9.17, 15) is 18.0 Å². The molecule has 41 heavy (non-hydrogen) atoms. The van der Waals surface area contributed by atoms with Crippen molar-refractivity contribution >= 4 is 39.1 Å². The van der Waals surface area contributed by atoms with E-state index in [2.05, 4.69) is 5.32 Å². The Morgan fingerprint density at radius 2 is 1.63 bits per heavy atom. The van der Waals surface area contributed by atoms with E-state index in [0.717, 1.165) is 53.1 Å². The molecule has 0 heterocycles. The number of nitrogens with zero attached hydrogens (tertiary/aromatic N) is 2. The lowest BCUT2D eigenvalue weighted by Gasteiger charge is -2.33. The van der Waals surface area contributed by atoms with Crippen LogP contribution in [0.5, 0.6) is 0 Å². The van der Waals surface area contributed by atoms with Crippen LogP contribution in [-0.2, 0) is 26.2 Å². The van der Waals surface area contributed by atoms with Crippen molar-refractivity contribution in [1.82, 2.24) is 10.2 Å². The van der Waals surface area contributed by atoms with E-state index in [1.165, 1.54) is 23.1 Å². The molecule has 1 aliphatic carbocycles. The Labute approximate surface area is 248 Å². The molecule has 1 atom stereocenters. The van der Waals surface area contributed by atoms with Gasteiger partial charge in [0.15, 0.2) is 0 Å². The van der Waals surface area contributed by atoms with Crippen molar-refractivity contribution in [2.24, 2.45) is 0 Å². The molecule has 1 unspecified atom stereocenters. The Hall–Kier alpha value is -3.36. The molecule has 0 bridgehead atoms. The number of hydrogen-bond acceptors (Lipinski definition) is 4. The zero-order valence-electron chi connectivity index (χ0n) is 23.8. The fourth-order valence-electron chi connectivity index (χ4n) is 5.12. The molecule has 0 aliphatic heterocycles. The molecule has 1 saturated carbocycles.